The van der Waals surface area contributed by atoms with E-state index in [4.69, 9.17) is 9.47 Å². The molecule has 3 aromatic carbocycles. The van der Waals surface area contributed by atoms with Gasteiger partial charge in [0.2, 0.25) is 0 Å². The molecule has 29 heavy (non-hydrogen) atoms. The number of hydrazone groups is 1. The number of amides is 1. The Morgan fingerprint density at radius 2 is 1.83 bits per heavy atom. The fourth-order valence-electron chi connectivity index (χ4n) is 2.56. The van der Waals surface area contributed by atoms with Crippen LogP contribution in [-0.4, -0.2) is 29.4 Å². The highest BCUT2D eigenvalue weighted by molar-refractivity contribution is 5.97. The van der Waals surface area contributed by atoms with E-state index in [9.17, 15) is 15.0 Å². The molecular weight excluding hydrogens is 372 g/mol. The predicted molar refractivity (Wildman–Crippen MR) is 109 cm³/mol. The molecular formula is C22H20N2O5. The highest BCUT2D eigenvalue weighted by Gasteiger charge is 2.11. The molecule has 0 aromatic heterocycles. The first-order valence-corrected chi connectivity index (χ1v) is 8.77. The molecule has 0 heterocycles. The quantitative estimate of drug-likeness (QED) is 0.422. The van der Waals surface area contributed by atoms with Crippen molar-refractivity contribution in [3.63, 3.8) is 0 Å². The van der Waals surface area contributed by atoms with Gasteiger partial charge in [-0.2, -0.15) is 5.10 Å². The number of phenolic OH excluding ortho intramolecular Hbond substituents is 2. The van der Waals surface area contributed by atoms with Gasteiger partial charge in [0, 0.05) is 6.07 Å². The minimum atomic E-state index is -0.603. The predicted octanol–water partition coefficient (Wildman–Crippen LogP) is 3.45. The molecule has 0 atom stereocenters. The number of hydrogen-bond acceptors (Lipinski definition) is 6. The number of carbonyl (C=O) groups excluding carboxylic acids is 1. The Hall–Kier alpha value is -4.00. The summed E-state index contributed by atoms with van der Waals surface area (Å²) in [6, 6.07) is 18.7. The van der Waals surface area contributed by atoms with Gasteiger partial charge in [-0.05, 0) is 41.5 Å². The van der Waals surface area contributed by atoms with E-state index in [-0.39, 0.29) is 17.1 Å². The maximum absolute atomic E-state index is 12.1. The summed E-state index contributed by atoms with van der Waals surface area (Å²) in [5.41, 5.74) is 4.05. The van der Waals surface area contributed by atoms with E-state index < -0.39 is 5.91 Å². The van der Waals surface area contributed by atoms with Crippen molar-refractivity contribution in [2.45, 2.75) is 6.61 Å². The zero-order chi connectivity index (χ0) is 20.6. The lowest BCUT2D eigenvalue weighted by molar-refractivity contribution is 0.0952. The molecule has 0 fully saturated rings. The first-order chi connectivity index (χ1) is 14.1. The Labute approximate surface area is 167 Å². The normalized spacial score (nSPS) is 10.7. The lowest BCUT2D eigenvalue weighted by atomic mass is 10.2. The molecule has 0 bridgehead atoms. The van der Waals surface area contributed by atoms with E-state index in [0.29, 0.717) is 23.7 Å². The second-order valence-electron chi connectivity index (χ2n) is 6.09. The number of phenols is 2. The van der Waals surface area contributed by atoms with Crippen molar-refractivity contribution in [1.82, 2.24) is 5.43 Å². The molecule has 1 amide bonds. The molecule has 0 radical (unpaired) electrons. The van der Waals surface area contributed by atoms with Gasteiger partial charge in [-0.15, -0.1) is 0 Å². The van der Waals surface area contributed by atoms with Crippen LogP contribution in [0.4, 0.5) is 0 Å². The van der Waals surface area contributed by atoms with Crippen LogP contribution in [0.5, 0.6) is 23.0 Å². The molecule has 0 saturated carbocycles. The number of carbonyl (C=O) groups is 1. The molecule has 0 aliphatic carbocycles. The van der Waals surface area contributed by atoms with Crippen LogP contribution in [0.1, 0.15) is 21.5 Å². The number of methoxy groups -OCH3 is 1. The molecule has 3 rings (SSSR count). The fraction of sp³-hybridized carbons (Fsp3) is 0.0909. The van der Waals surface area contributed by atoms with Crippen LogP contribution >= 0.6 is 0 Å². The summed E-state index contributed by atoms with van der Waals surface area (Å²) in [5.74, 6) is 0.0518. The number of aromatic hydroxyl groups is 2. The molecule has 148 valence electrons. The van der Waals surface area contributed by atoms with Crippen LogP contribution in [-0.2, 0) is 6.61 Å². The van der Waals surface area contributed by atoms with Gasteiger partial charge in [-0.3, -0.25) is 4.79 Å². The summed E-state index contributed by atoms with van der Waals surface area (Å²) in [4.78, 5) is 12.1. The van der Waals surface area contributed by atoms with Gasteiger partial charge >= 0.3 is 0 Å². The average Bonchev–Trinajstić information content (AvgIpc) is 2.73. The van der Waals surface area contributed by atoms with E-state index >= 15 is 0 Å². The van der Waals surface area contributed by atoms with E-state index in [1.54, 1.807) is 25.3 Å². The van der Waals surface area contributed by atoms with E-state index in [1.807, 2.05) is 30.3 Å². The molecule has 0 spiro atoms. The summed E-state index contributed by atoms with van der Waals surface area (Å²) in [6.07, 6.45) is 1.44. The number of benzene rings is 3. The van der Waals surface area contributed by atoms with Crippen molar-refractivity contribution in [2.75, 3.05) is 7.11 Å². The first-order valence-electron chi connectivity index (χ1n) is 8.77. The molecule has 0 aliphatic heterocycles. The van der Waals surface area contributed by atoms with Crippen LogP contribution in [0.3, 0.4) is 0 Å². The van der Waals surface area contributed by atoms with Crippen molar-refractivity contribution < 1.29 is 24.5 Å². The Balaban J connectivity index is 1.64. The summed E-state index contributed by atoms with van der Waals surface area (Å²) < 4.78 is 11.2. The summed E-state index contributed by atoms with van der Waals surface area (Å²) in [7, 11) is 1.54. The number of nitrogens with one attached hydrogen (secondary N) is 1. The first kappa shape index (κ1) is 19.8. The van der Waals surface area contributed by atoms with Crippen LogP contribution in [0, 0.1) is 0 Å². The maximum atomic E-state index is 12.1. The number of rotatable bonds is 7. The Morgan fingerprint density at radius 1 is 1.03 bits per heavy atom. The van der Waals surface area contributed by atoms with Gasteiger partial charge in [-0.1, -0.05) is 30.3 Å². The molecule has 0 aliphatic rings. The third-order valence-corrected chi connectivity index (χ3v) is 4.03. The SMILES string of the molecule is COc1cc(/C=N/NC(=O)c2ccc(O)cc2O)ccc1OCc1ccccc1. The lowest BCUT2D eigenvalue weighted by Crippen LogP contribution is -2.17. The van der Waals surface area contributed by atoms with E-state index in [0.717, 1.165) is 11.6 Å². The second kappa shape index (κ2) is 9.27. The van der Waals surface area contributed by atoms with Gasteiger partial charge in [-0.25, -0.2) is 5.43 Å². The van der Waals surface area contributed by atoms with Crippen molar-refractivity contribution in [3.8, 4) is 23.0 Å². The summed E-state index contributed by atoms with van der Waals surface area (Å²) in [6.45, 7) is 0.414. The highest BCUT2D eigenvalue weighted by atomic mass is 16.5. The van der Waals surface area contributed by atoms with Crippen molar-refractivity contribution in [2.24, 2.45) is 5.10 Å². The van der Waals surface area contributed by atoms with Crippen LogP contribution in [0.15, 0.2) is 71.8 Å². The number of ether oxygens (including phenoxy) is 2. The van der Waals surface area contributed by atoms with Gasteiger partial charge in [0.15, 0.2) is 11.5 Å². The number of nitrogens with zero attached hydrogens (tertiary/aromatic N) is 1. The Kier molecular flexibility index (Phi) is 6.32. The molecule has 0 saturated heterocycles. The Morgan fingerprint density at radius 3 is 2.55 bits per heavy atom. The minimum absolute atomic E-state index is 0.00203. The van der Waals surface area contributed by atoms with Gasteiger partial charge in [0.25, 0.3) is 5.91 Å². The molecule has 0 unspecified atom stereocenters. The van der Waals surface area contributed by atoms with Crippen LogP contribution < -0.4 is 14.9 Å². The second-order valence-corrected chi connectivity index (χ2v) is 6.09. The highest BCUT2D eigenvalue weighted by Crippen LogP contribution is 2.28. The van der Waals surface area contributed by atoms with Crippen molar-refractivity contribution >= 4 is 12.1 Å². The maximum Gasteiger partial charge on any atom is 0.275 e. The standard InChI is InChI=1S/C22H20N2O5/c1-28-21-11-16(7-10-20(21)29-14-15-5-3-2-4-6-15)13-23-24-22(27)18-9-8-17(25)12-19(18)26/h2-13,25-26H,14H2,1H3,(H,24,27)/b23-13+. The Bertz CT molecular complexity index is 1020. The average molecular weight is 392 g/mol. The summed E-state index contributed by atoms with van der Waals surface area (Å²) >= 11 is 0. The zero-order valence-electron chi connectivity index (χ0n) is 15.7. The number of hydrogen-bond donors (Lipinski definition) is 3. The minimum Gasteiger partial charge on any atom is -0.508 e. The monoisotopic (exact) mass is 392 g/mol. The lowest BCUT2D eigenvalue weighted by Gasteiger charge is -2.11. The van der Waals surface area contributed by atoms with Crippen LogP contribution in [0.25, 0.3) is 0 Å². The topological polar surface area (TPSA) is 100 Å². The van der Waals surface area contributed by atoms with E-state index in [1.165, 1.54) is 18.3 Å². The van der Waals surface area contributed by atoms with Gasteiger partial charge in [0.1, 0.15) is 18.1 Å². The largest absolute Gasteiger partial charge is 0.508 e. The third-order valence-electron chi connectivity index (χ3n) is 4.03. The molecule has 3 aromatic rings. The fourth-order valence-corrected chi connectivity index (χ4v) is 2.56. The third kappa shape index (κ3) is 5.26. The van der Waals surface area contributed by atoms with Gasteiger partial charge < -0.3 is 19.7 Å². The van der Waals surface area contributed by atoms with Crippen molar-refractivity contribution in [1.29, 1.82) is 0 Å². The smallest absolute Gasteiger partial charge is 0.275 e. The van der Waals surface area contributed by atoms with Crippen molar-refractivity contribution in [3.05, 3.63) is 83.4 Å². The van der Waals surface area contributed by atoms with E-state index in [2.05, 4.69) is 10.5 Å². The van der Waals surface area contributed by atoms with Gasteiger partial charge in [0.05, 0.1) is 18.9 Å². The molecule has 3 N–H and O–H groups in total. The molecule has 7 nitrogen and oxygen atoms in total. The summed E-state index contributed by atoms with van der Waals surface area (Å²) in [5, 5.41) is 22.9. The zero-order valence-corrected chi connectivity index (χ0v) is 15.7. The molecule has 7 heteroatoms. The van der Waals surface area contributed by atoms with Crippen LogP contribution in [0.2, 0.25) is 0 Å².